The van der Waals surface area contributed by atoms with Crippen molar-refractivity contribution >= 4 is 38.6 Å². The molecule has 2 rings (SSSR count). The van der Waals surface area contributed by atoms with Crippen LogP contribution in [0.1, 0.15) is 33.6 Å². The minimum absolute atomic E-state index is 0.00255. The van der Waals surface area contributed by atoms with E-state index in [2.05, 4.69) is 9.76 Å². The van der Waals surface area contributed by atoms with Crippen molar-refractivity contribution < 1.29 is 49.6 Å². The molecule has 0 spiro atoms. The van der Waals surface area contributed by atoms with Gasteiger partial charge < -0.3 is 9.64 Å². The number of carbonyl (C=O) groups excluding carboxylic acids is 3. The molecular formula is C14H25N5O11S2. The Kier molecular flexibility index (Phi) is 7.89. The van der Waals surface area contributed by atoms with Crippen molar-refractivity contribution in [2.24, 2.45) is 0 Å². The molecule has 16 nitrogen and oxygen atoms in total. The fourth-order valence-corrected chi connectivity index (χ4v) is 4.04. The van der Waals surface area contributed by atoms with Gasteiger partial charge in [0, 0.05) is 13.1 Å². The zero-order valence-electron chi connectivity index (χ0n) is 17.4. The Bertz CT molecular complexity index is 947. The molecule has 4 amide bonds. The Balaban J connectivity index is 1.75. The molecule has 0 aromatic heterocycles. The van der Waals surface area contributed by atoms with Crippen LogP contribution in [0.3, 0.4) is 0 Å². The molecule has 0 saturated carbocycles. The lowest BCUT2D eigenvalue weighted by Crippen LogP contribution is -2.50. The average molecular weight is 504 g/mol. The summed E-state index contributed by atoms with van der Waals surface area (Å²) in [6, 6.07) is -2.55. The lowest BCUT2D eigenvalue weighted by molar-refractivity contribution is -0.138. The molecule has 18 heteroatoms. The Hall–Kier alpha value is -2.25. The summed E-state index contributed by atoms with van der Waals surface area (Å²) in [5, 5.41) is 0.496. The van der Waals surface area contributed by atoms with E-state index in [1.54, 1.807) is 25.5 Å². The molecule has 0 aromatic rings. The minimum atomic E-state index is -4.90. The molecule has 0 aliphatic carbocycles. The van der Waals surface area contributed by atoms with Crippen LogP contribution in [0.4, 0.5) is 9.59 Å². The summed E-state index contributed by atoms with van der Waals surface area (Å²) in [6.45, 7) is 4.05. The van der Waals surface area contributed by atoms with Gasteiger partial charge in [0.2, 0.25) is 0 Å². The van der Waals surface area contributed by atoms with E-state index in [1.807, 2.05) is 4.72 Å². The molecule has 184 valence electrons. The predicted octanol–water partition coefficient (Wildman–Crippen LogP) is -1.60. The van der Waals surface area contributed by atoms with Gasteiger partial charge in [-0.25, -0.2) is 19.8 Å². The van der Waals surface area contributed by atoms with Crippen LogP contribution in [0.15, 0.2) is 0 Å². The maximum Gasteiger partial charge on any atom is 0.422 e. The molecule has 4 N–H and O–H groups in total. The third-order valence-corrected chi connectivity index (χ3v) is 5.45. The number of carbonyl (C=O) groups is 3. The van der Waals surface area contributed by atoms with Crippen LogP contribution >= 0.6 is 0 Å². The number of rotatable bonds is 9. The predicted molar refractivity (Wildman–Crippen MR) is 104 cm³/mol. The lowest BCUT2D eigenvalue weighted by Gasteiger charge is -2.28. The van der Waals surface area contributed by atoms with E-state index in [1.165, 1.54) is 0 Å². The summed E-state index contributed by atoms with van der Waals surface area (Å²) < 4.78 is 66.7. The van der Waals surface area contributed by atoms with Crippen molar-refractivity contribution in [2.45, 2.75) is 51.3 Å². The maximum absolute atomic E-state index is 12.3. The van der Waals surface area contributed by atoms with Gasteiger partial charge in [0.15, 0.2) is 0 Å². The van der Waals surface area contributed by atoms with Crippen LogP contribution in [0.5, 0.6) is 0 Å². The fourth-order valence-electron chi connectivity index (χ4n) is 2.97. The van der Waals surface area contributed by atoms with Gasteiger partial charge in [0.05, 0.1) is 12.6 Å². The first-order chi connectivity index (χ1) is 14.6. The summed E-state index contributed by atoms with van der Waals surface area (Å²) in [4.78, 5) is 42.0. The van der Waals surface area contributed by atoms with Crippen LogP contribution in [-0.4, -0.2) is 86.8 Å². The Morgan fingerprint density at radius 2 is 1.84 bits per heavy atom. The van der Waals surface area contributed by atoms with Gasteiger partial charge in [-0.2, -0.15) is 26.6 Å². The number of amides is 4. The van der Waals surface area contributed by atoms with Gasteiger partial charge in [-0.1, -0.05) is 0 Å². The normalized spacial score (nSPS) is 21.4. The average Bonchev–Trinajstić information content (AvgIpc) is 2.82. The second-order valence-electron chi connectivity index (χ2n) is 7.83. The highest BCUT2D eigenvalue weighted by Gasteiger charge is 2.49. The van der Waals surface area contributed by atoms with E-state index >= 15 is 0 Å². The zero-order chi connectivity index (χ0) is 24.3. The van der Waals surface area contributed by atoms with E-state index in [9.17, 15) is 31.2 Å². The second-order valence-corrected chi connectivity index (χ2v) is 10.3. The maximum atomic E-state index is 12.3. The number of fused-ring (bicyclic) bond motifs is 2. The minimum Gasteiger partial charge on any atom is -0.443 e. The van der Waals surface area contributed by atoms with Gasteiger partial charge in [-0.05, 0) is 33.6 Å². The summed E-state index contributed by atoms with van der Waals surface area (Å²) in [7, 11) is -9.12. The first-order valence-electron chi connectivity index (χ1n) is 9.27. The molecule has 2 bridgehead atoms. The molecule has 2 heterocycles. The number of piperidine rings is 1. The van der Waals surface area contributed by atoms with Crippen molar-refractivity contribution in [1.29, 1.82) is 0 Å². The molecule has 32 heavy (non-hydrogen) atoms. The van der Waals surface area contributed by atoms with E-state index in [0.29, 0.717) is 5.06 Å². The molecule has 2 aliphatic heterocycles. The smallest absolute Gasteiger partial charge is 0.422 e. The standard InChI is InChI=1S/C14H25N5O11S2/c1-14(2,3)29-12(21)17-31(23,24)15-6-7-28-16-11(20)10-5-4-9-8-18(10)13(22)19(9)30-32(25,26)27/h9-10,15H,4-8H2,1-3H3,(H,16,20)(H,17,21)(H,25,26,27)/t9?,10-/m0/s1. The highest BCUT2D eigenvalue weighted by Crippen LogP contribution is 2.30. The summed E-state index contributed by atoms with van der Waals surface area (Å²) in [5.41, 5.74) is 1.18. The molecular weight excluding hydrogens is 478 g/mol. The number of urea groups is 1. The molecule has 2 aliphatic rings. The number of hydrogen-bond donors (Lipinski definition) is 4. The fraction of sp³-hybridized carbons (Fsp3) is 0.786. The monoisotopic (exact) mass is 503 g/mol. The highest BCUT2D eigenvalue weighted by molar-refractivity contribution is 7.88. The van der Waals surface area contributed by atoms with Crippen molar-refractivity contribution in [2.75, 3.05) is 19.7 Å². The third-order valence-electron chi connectivity index (χ3n) is 4.09. The number of ether oxygens (including phenoxy) is 1. The summed E-state index contributed by atoms with van der Waals surface area (Å²) in [5.74, 6) is -0.722. The second kappa shape index (κ2) is 9.71. The van der Waals surface area contributed by atoms with Crippen LogP contribution in [0.25, 0.3) is 0 Å². The van der Waals surface area contributed by atoms with Crippen molar-refractivity contribution in [1.82, 2.24) is 24.9 Å². The van der Waals surface area contributed by atoms with Crippen LogP contribution in [-0.2, 0) is 39.3 Å². The summed E-state index contributed by atoms with van der Waals surface area (Å²) >= 11 is 0. The van der Waals surface area contributed by atoms with Gasteiger partial charge in [0.25, 0.3) is 5.91 Å². The Labute approximate surface area is 184 Å². The zero-order valence-corrected chi connectivity index (χ0v) is 19.1. The molecule has 1 unspecified atom stereocenters. The molecule has 2 fully saturated rings. The number of hydrogen-bond acceptors (Lipinski definition) is 10. The third kappa shape index (κ3) is 7.71. The Morgan fingerprint density at radius 3 is 2.44 bits per heavy atom. The topological polar surface area (TPSA) is 210 Å². The molecule has 2 atom stereocenters. The van der Waals surface area contributed by atoms with Gasteiger partial charge in [-0.3, -0.25) is 14.2 Å². The Morgan fingerprint density at radius 1 is 1.19 bits per heavy atom. The molecule has 0 aromatic carbocycles. The highest BCUT2D eigenvalue weighted by atomic mass is 32.3. The van der Waals surface area contributed by atoms with E-state index in [4.69, 9.17) is 14.1 Å². The largest absolute Gasteiger partial charge is 0.443 e. The first-order valence-corrected chi connectivity index (χ1v) is 12.1. The van der Waals surface area contributed by atoms with Crippen molar-refractivity contribution in [3.63, 3.8) is 0 Å². The van der Waals surface area contributed by atoms with E-state index in [0.717, 1.165) is 4.90 Å². The first kappa shape index (κ1) is 26.0. The van der Waals surface area contributed by atoms with Crippen LogP contribution < -0.4 is 14.9 Å². The van der Waals surface area contributed by atoms with Crippen LogP contribution in [0.2, 0.25) is 0 Å². The van der Waals surface area contributed by atoms with E-state index in [-0.39, 0.29) is 32.5 Å². The van der Waals surface area contributed by atoms with Gasteiger partial charge in [-0.15, -0.1) is 4.28 Å². The quantitative estimate of drug-likeness (QED) is 0.160. The summed E-state index contributed by atoms with van der Waals surface area (Å²) in [6.07, 6.45) is -0.771. The number of hydroxylamine groups is 3. The van der Waals surface area contributed by atoms with Crippen molar-refractivity contribution in [3.8, 4) is 0 Å². The van der Waals surface area contributed by atoms with E-state index < -0.39 is 56.3 Å². The number of nitrogens with one attached hydrogen (secondary N) is 3. The van der Waals surface area contributed by atoms with Gasteiger partial charge >= 0.3 is 32.7 Å². The SMILES string of the molecule is CC(C)(C)OC(=O)NS(=O)(=O)NCCONC(=O)[C@@H]1CCC2CN1C(=O)N2OS(=O)(=O)O. The van der Waals surface area contributed by atoms with Crippen LogP contribution in [0, 0.1) is 0 Å². The lowest BCUT2D eigenvalue weighted by atomic mass is 10.0. The van der Waals surface area contributed by atoms with Gasteiger partial charge in [0.1, 0.15) is 11.6 Å². The number of nitrogens with zero attached hydrogens (tertiary/aromatic N) is 2. The molecule has 2 saturated heterocycles. The molecule has 0 radical (unpaired) electrons. The van der Waals surface area contributed by atoms with Crippen molar-refractivity contribution in [3.05, 3.63) is 0 Å².